The Hall–Kier alpha value is -2.37. The first-order chi connectivity index (χ1) is 16.5. The van der Waals surface area contributed by atoms with Gasteiger partial charge in [-0.3, -0.25) is 14.4 Å². The Labute approximate surface area is 205 Å². The van der Waals surface area contributed by atoms with E-state index in [1.165, 1.54) is 19.3 Å². The van der Waals surface area contributed by atoms with Crippen LogP contribution >= 0.6 is 0 Å². The third-order valence-corrected chi connectivity index (χ3v) is 7.44. The maximum atomic E-state index is 13.2. The van der Waals surface area contributed by atoms with Crippen LogP contribution in [-0.4, -0.2) is 47.8 Å². The lowest BCUT2D eigenvalue weighted by molar-refractivity contribution is -0.136. The Kier molecular flexibility index (Phi) is 10.4. The summed E-state index contributed by atoms with van der Waals surface area (Å²) in [6, 6.07) is 7.48. The fraction of sp³-hybridized carbons (Fsp3) is 0.679. The highest BCUT2D eigenvalue weighted by Gasteiger charge is 2.33. The summed E-state index contributed by atoms with van der Waals surface area (Å²) in [4.78, 5) is 40.6. The van der Waals surface area contributed by atoms with Crippen LogP contribution in [0.5, 0.6) is 0 Å². The van der Waals surface area contributed by atoms with Crippen LogP contribution in [0.15, 0.2) is 24.3 Å². The molecule has 6 nitrogen and oxygen atoms in total. The molecule has 34 heavy (non-hydrogen) atoms. The summed E-state index contributed by atoms with van der Waals surface area (Å²) >= 11 is 0. The Bertz CT molecular complexity index is 825. The van der Waals surface area contributed by atoms with Gasteiger partial charge in [-0.25, -0.2) is 0 Å². The molecule has 1 aliphatic carbocycles. The zero-order valence-electron chi connectivity index (χ0n) is 21.1. The number of carbonyl (C=O) groups excluding carboxylic acids is 3. The first-order valence-electron chi connectivity index (χ1n) is 13.4. The van der Waals surface area contributed by atoms with Gasteiger partial charge in [0.25, 0.3) is 5.91 Å². The lowest BCUT2D eigenvalue weighted by Crippen LogP contribution is -2.55. The summed E-state index contributed by atoms with van der Waals surface area (Å²) in [6.45, 7) is 5.41. The molecule has 2 aliphatic rings. The van der Waals surface area contributed by atoms with E-state index in [1.54, 1.807) is 0 Å². The number of carbonyl (C=O) groups is 3. The van der Waals surface area contributed by atoms with Crippen molar-refractivity contribution in [2.75, 3.05) is 13.1 Å². The standard InChI is InChI=1S/C28H43N3O3/c1-3-4-5-6-7-18-26(32)31-19-12-14-22(20-31)27(33)29-24-16-10-11-17-25(24)30-28(34)23-15-9-8-13-21(23)2/h8-9,13,15,22,24-25H,3-7,10-12,14,16-20H2,1-2H3,(H,29,33)(H,30,34)/t22-,24-,25-/m1/s1. The molecule has 188 valence electrons. The molecule has 2 N–H and O–H groups in total. The number of rotatable bonds is 10. The summed E-state index contributed by atoms with van der Waals surface area (Å²) < 4.78 is 0. The van der Waals surface area contributed by atoms with E-state index in [0.717, 1.165) is 63.5 Å². The zero-order chi connectivity index (χ0) is 24.3. The molecule has 1 aromatic rings. The average molecular weight is 470 g/mol. The third-order valence-electron chi connectivity index (χ3n) is 7.44. The molecule has 1 aromatic carbocycles. The fourth-order valence-corrected chi connectivity index (χ4v) is 5.31. The molecular formula is C28H43N3O3. The van der Waals surface area contributed by atoms with E-state index < -0.39 is 0 Å². The van der Waals surface area contributed by atoms with E-state index in [9.17, 15) is 14.4 Å². The number of nitrogens with zero attached hydrogens (tertiary/aromatic N) is 1. The van der Waals surface area contributed by atoms with Crippen LogP contribution < -0.4 is 10.6 Å². The monoisotopic (exact) mass is 469 g/mol. The molecule has 1 aliphatic heterocycles. The van der Waals surface area contributed by atoms with E-state index in [4.69, 9.17) is 0 Å². The van der Waals surface area contributed by atoms with Gasteiger partial charge in [-0.2, -0.15) is 0 Å². The summed E-state index contributed by atoms with van der Waals surface area (Å²) in [5.41, 5.74) is 1.64. The highest BCUT2D eigenvalue weighted by molar-refractivity contribution is 5.95. The lowest BCUT2D eigenvalue weighted by atomic mass is 9.88. The average Bonchev–Trinajstić information content (AvgIpc) is 2.85. The molecule has 6 heteroatoms. The van der Waals surface area contributed by atoms with Crippen molar-refractivity contribution in [2.24, 2.45) is 5.92 Å². The molecule has 0 unspecified atom stereocenters. The molecule has 3 atom stereocenters. The molecule has 0 aromatic heterocycles. The van der Waals surface area contributed by atoms with Gasteiger partial charge >= 0.3 is 0 Å². The van der Waals surface area contributed by atoms with Gasteiger partial charge in [0.1, 0.15) is 0 Å². The smallest absolute Gasteiger partial charge is 0.251 e. The minimum Gasteiger partial charge on any atom is -0.351 e. The van der Waals surface area contributed by atoms with Gasteiger partial charge in [-0.15, -0.1) is 0 Å². The zero-order valence-corrected chi connectivity index (χ0v) is 21.1. The van der Waals surface area contributed by atoms with E-state index >= 15 is 0 Å². The minimum atomic E-state index is -0.160. The fourth-order valence-electron chi connectivity index (χ4n) is 5.31. The van der Waals surface area contributed by atoms with Crippen molar-refractivity contribution in [3.8, 4) is 0 Å². The van der Waals surface area contributed by atoms with Crippen molar-refractivity contribution < 1.29 is 14.4 Å². The third kappa shape index (κ3) is 7.57. The maximum absolute atomic E-state index is 13.2. The normalized spacial score (nSPS) is 22.8. The quantitative estimate of drug-likeness (QED) is 0.485. The summed E-state index contributed by atoms with van der Waals surface area (Å²) in [5, 5.41) is 6.43. The SMILES string of the molecule is CCCCCCCC(=O)N1CCC[C@@H](C(=O)N[C@@H]2CCCC[C@H]2NC(=O)c2ccccc2C)C1. The van der Waals surface area contributed by atoms with Crippen molar-refractivity contribution in [1.82, 2.24) is 15.5 Å². The van der Waals surface area contributed by atoms with Crippen LogP contribution in [-0.2, 0) is 9.59 Å². The predicted octanol–water partition coefficient (Wildman–Crippen LogP) is 4.75. The maximum Gasteiger partial charge on any atom is 0.251 e. The minimum absolute atomic E-state index is 0.0301. The van der Waals surface area contributed by atoms with E-state index in [0.29, 0.717) is 18.5 Å². The second kappa shape index (κ2) is 13.5. The number of aryl methyl sites for hydroxylation is 1. The number of unbranched alkanes of at least 4 members (excludes halogenated alkanes) is 4. The molecule has 0 spiro atoms. The largest absolute Gasteiger partial charge is 0.351 e. The predicted molar refractivity (Wildman–Crippen MR) is 136 cm³/mol. The van der Waals surface area contributed by atoms with Gasteiger partial charge in [0.2, 0.25) is 11.8 Å². The molecular weight excluding hydrogens is 426 g/mol. The summed E-state index contributed by atoms with van der Waals surface area (Å²) in [5.74, 6) is -0.0115. The molecule has 1 saturated carbocycles. The van der Waals surface area contributed by atoms with Crippen molar-refractivity contribution in [2.45, 2.75) is 103 Å². The molecule has 0 radical (unpaired) electrons. The first-order valence-corrected chi connectivity index (χ1v) is 13.4. The molecule has 1 saturated heterocycles. The van der Waals surface area contributed by atoms with Crippen LogP contribution in [0.25, 0.3) is 0 Å². The number of piperidine rings is 1. The van der Waals surface area contributed by atoms with Gasteiger partial charge in [0.15, 0.2) is 0 Å². The molecule has 2 fully saturated rings. The highest BCUT2D eigenvalue weighted by atomic mass is 16.2. The first kappa shape index (κ1) is 26.2. The Morgan fingerprint density at radius 2 is 1.62 bits per heavy atom. The number of nitrogens with one attached hydrogen (secondary N) is 2. The van der Waals surface area contributed by atoms with Crippen LogP contribution in [0.1, 0.15) is 99.9 Å². The van der Waals surface area contributed by atoms with Gasteiger partial charge in [0, 0.05) is 37.2 Å². The number of likely N-dealkylation sites (tertiary alicyclic amines) is 1. The highest BCUT2D eigenvalue weighted by Crippen LogP contribution is 2.23. The molecule has 1 heterocycles. The Balaban J connectivity index is 1.51. The van der Waals surface area contributed by atoms with Crippen LogP contribution in [0.3, 0.4) is 0 Å². The van der Waals surface area contributed by atoms with Crippen molar-refractivity contribution in [1.29, 1.82) is 0 Å². The van der Waals surface area contributed by atoms with Crippen molar-refractivity contribution in [3.63, 3.8) is 0 Å². The second-order valence-corrected chi connectivity index (χ2v) is 10.1. The number of benzene rings is 1. The van der Waals surface area contributed by atoms with Crippen molar-refractivity contribution >= 4 is 17.7 Å². The number of amides is 3. The summed E-state index contributed by atoms with van der Waals surface area (Å²) in [6.07, 6.45) is 11.8. The molecule has 0 bridgehead atoms. The van der Waals surface area contributed by atoms with E-state index in [2.05, 4.69) is 17.6 Å². The van der Waals surface area contributed by atoms with Gasteiger partial charge < -0.3 is 15.5 Å². The Morgan fingerprint density at radius 3 is 2.35 bits per heavy atom. The number of hydrogen-bond donors (Lipinski definition) is 2. The van der Waals surface area contributed by atoms with Crippen LogP contribution in [0.2, 0.25) is 0 Å². The molecule has 3 rings (SSSR count). The number of hydrogen-bond acceptors (Lipinski definition) is 3. The van der Waals surface area contributed by atoms with E-state index in [1.807, 2.05) is 36.1 Å². The van der Waals surface area contributed by atoms with E-state index in [-0.39, 0.29) is 35.7 Å². The second-order valence-electron chi connectivity index (χ2n) is 10.1. The van der Waals surface area contributed by atoms with Gasteiger partial charge in [0.05, 0.1) is 5.92 Å². The lowest BCUT2D eigenvalue weighted by Gasteiger charge is -2.36. The topological polar surface area (TPSA) is 78.5 Å². The van der Waals surface area contributed by atoms with Gasteiger partial charge in [-0.1, -0.05) is 63.6 Å². The van der Waals surface area contributed by atoms with Crippen LogP contribution in [0, 0.1) is 12.8 Å². The summed E-state index contributed by atoms with van der Waals surface area (Å²) in [7, 11) is 0. The Morgan fingerprint density at radius 1 is 0.912 bits per heavy atom. The molecule has 3 amide bonds. The van der Waals surface area contributed by atoms with Crippen LogP contribution in [0.4, 0.5) is 0 Å². The van der Waals surface area contributed by atoms with Gasteiger partial charge in [-0.05, 0) is 50.7 Å². The van der Waals surface area contributed by atoms with Crippen molar-refractivity contribution in [3.05, 3.63) is 35.4 Å².